The van der Waals surface area contributed by atoms with Gasteiger partial charge in [-0.1, -0.05) is 30.3 Å². The number of allylic oxidation sites excluding steroid dienone is 1. The van der Waals surface area contributed by atoms with Crippen LogP contribution in [0.4, 0.5) is 0 Å². The highest BCUT2D eigenvalue weighted by atomic mass is 32.1. The number of aliphatic carboxylic acids is 1. The average molecular weight is 339 g/mol. The summed E-state index contributed by atoms with van der Waals surface area (Å²) in [7, 11) is 0. The van der Waals surface area contributed by atoms with Gasteiger partial charge >= 0.3 is 5.97 Å². The summed E-state index contributed by atoms with van der Waals surface area (Å²) in [5.74, 6) is -3.12. The first-order valence-electron chi connectivity index (χ1n) is 7.07. The summed E-state index contributed by atoms with van der Waals surface area (Å²) >= 11 is 1.53. The smallest absolute Gasteiger partial charge is 0.371 e. The molecular formula is C18H13NO4S. The molecule has 0 radical (unpaired) electrons. The van der Waals surface area contributed by atoms with Crippen molar-refractivity contribution in [1.29, 1.82) is 0 Å². The van der Waals surface area contributed by atoms with Crippen LogP contribution in [0.5, 0.6) is 0 Å². The number of H-pyrrole nitrogens is 1. The Labute approximate surface area is 141 Å². The number of thiophene rings is 1. The van der Waals surface area contributed by atoms with Crippen molar-refractivity contribution in [3.05, 3.63) is 72.3 Å². The maximum atomic E-state index is 12.2. The maximum Gasteiger partial charge on any atom is 0.371 e. The first-order valence-corrected chi connectivity index (χ1v) is 7.89. The van der Waals surface area contributed by atoms with E-state index >= 15 is 0 Å². The number of aromatic nitrogens is 1. The molecule has 1 aromatic carbocycles. The number of aliphatic hydroxyl groups is 1. The van der Waals surface area contributed by atoms with Crippen LogP contribution in [-0.4, -0.2) is 26.9 Å². The molecule has 24 heavy (non-hydrogen) atoms. The second-order valence-electron chi connectivity index (χ2n) is 5.00. The van der Waals surface area contributed by atoms with Crippen LogP contribution in [0.25, 0.3) is 20.9 Å². The molecule has 0 saturated carbocycles. The zero-order chi connectivity index (χ0) is 17.1. The van der Waals surface area contributed by atoms with Crippen LogP contribution >= 0.6 is 11.3 Å². The van der Waals surface area contributed by atoms with Crippen molar-refractivity contribution in [2.45, 2.75) is 0 Å². The van der Waals surface area contributed by atoms with Gasteiger partial charge in [0.15, 0.2) is 0 Å². The van der Waals surface area contributed by atoms with E-state index in [0.29, 0.717) is 11.6 Å². The van der Waals surface area contributed by atoms with Gasteiger partial charge in [-0.15, -0.1) is 11.3 Å². The Morgan fingerprint density at radius 3 is 2.38 bits per heavy atom. The van der Waals surface area contributed by atoms with Crippen molar-refractivity contribution >= 4 is 23.1 Å². The first-order chi connectivity index (χ1) is 11.6. The van der Waals surface area contributed by atoms with Crippen LogP contribution in [-0.2, 0) is 4.79 Å². The van der Waals surface area contributed by atoms with E-state index in [-0.39, 0.29) is 5.69 Å². The molecule has 0 saturated heterocycles. The van der Waals surface area contributed by atoms with Gasteiger partial charge < -0.3 is 15.2 Å². The van der Waals surface area contributed by atoms with Crippen molar-refractivity contribution in [1.82, 2.24) is 4.98 Å². The number of carboxylic acid groups (broad SMARTS) is 1. The number of carboxylic acids is 1. The van der Waals surface area contributed by atoms with Crippen LogP contribution < -0.4 is 0 Å². The minimum Gasteiger partial charge on any atom is -0.502 e. The Kier molecular flexibility index (Phi) is 4.31. The van der Waals surface area contributed by atoms with Crippen LogP contribution in [0.3, 0.4) is 0 Å². The Balaban J connectivity index is 1.94. The van der Waals surface area contributed by atoms with Gasteiger partial charge in [0.05, 0.1) is 5.69 Å². The molecule has 0 fully saturated rings. The molecular weight excluding hydrogens is 326 g/mol. The van der Waals surface area contributed by atoms with Crippen molar-refractivity contribution in [3.63, 3.8) is 0 Å². The molecule has 0 spiro atoms. The highest BCUT2D eigenvalue weighted by Crippen LogP contribution is 2.35. The SMILES string of the molecule is O=C(O)C(O)=CC(=O)c1[nH]ccc1-c1ccc(-c2ccccc2)s1. The minimum atomic E-state index is -1.54. The monoisotopic (exact) mass is 339 g/mol. The van der Waals surface area contributed by atoms with Crippen molar-refractivity contribution in [3.8, 4) is 20.9 Å². The number of hydrogen-bond acceptors (Lipinski definition) is 4. The van der Waals surface area contributed by atoms with Crippen LogP contribution in [0.15, 0.2) is 66.6 Å². The quantitative estimate of drug-likeness (QED) is 0.370. The van der Waals surface area contributed by atoms with Crippen LogP contribution in [0, 0.1) is 0 Å². The van der Waals surface area contributed by atoms with Gasteiger partial charge in [-0.3, -0.25) is 4.79 Å². The van der Waals surface area contributed by atoms with E-state index in [1.807, 2.05) is 42.5 Å². The molecule has 3 N–H and O–H groups in total. The molecule has 0 aliphatic carbocycles. The summed E-state index contributed by atoms with van der Waals surface area (Å²) in [4.78, 5) is 27.6. The molecule has 0 bridgehead atoms. The Morgan fingerprint density at radius 2 is 1.67 bits per heavy atom. The van der Waals surface area contributed by atoms with E-state index in [4.69, 9.17) is 5.11 Å². The number of carbonyl (C=O) groups is 2. The number of carbonyl (C=O) groups excluding carboxylic acids is 1. The van der Waals surface area contributed by atoms with Gasteiger partial charge in [0, 0.05) is 27.6 Å². The third kappa shape index (κ3) is 3.13. The predicted octanol–water partition coefficient (Wildman–Crippen LogP) is 4.12. The lowest BCUT2D eigenvalue weighted by atomic mass is 10.1. The standard InChI is InChI=1S/C18H13NO4S/c20-13(10-14(21)18(22)23)17-12(8-9-19-17)16-7-6-15(24-16)11-4-2-1-3-5-11/h1-10,19,21H,(H,22,23). The predicted molar refractivity (Wildman–Crippen MR) is 92.2 cm³/mol. The topological polar surface area (TPSA) is 90.4 Å². The summed E-state index contributed by atoms with van der Waals surface area (Å²) in [6, 6.07) is 15.5. The van der Waals surface area contributed by atoms with Crippen molar-refractivity contribution < 1.29 is 19.8 Å². The number of ketones is 1. The van der Waals surface area contributed by atoms with Crippen LogP contribution in [0.1, 0.15) is 10.5 Å². The van der Waals surface area contributed by atoms with Gasteiger partial charge in [-0.05, 0) is 23.8 Å². The summed E-state index contributed by atoms with van der Waals surface area (Å²) < 4.78 is 0. The molecule has 120 valence electrons. The summed E-state index contributed by atoms with van der Waals surface area (Å²) in [5.41, 5.74) is 1.99. The molecule has 5 nitrogen and oxygen atoms in total. The minimum absolute atomic E-state index is 0.240. The van der Waals surface area contributed by atoms with Gasteiger partial charge in [-0.2, -0.15) is 0 Å². The number of hydrogen-bond donors (Lipinski definition) is 3. The number of aromatic amines is 1. The number of nitrogens with one attached hydrogen (secondary N) is 1. The second-order valence-corrected chi connectivity index (χ2v) is 6.08. The second kappa shape index (κ2) is 6.55. The Hall–Kier alpha value is -3.12. The zero-order valence-electron chi connectivity index (χ0n) is 12.4. The third-order valence-electron chi connectivity index (χ3n) is 3.41. The summed E-state index contributed by atoms with van der Waals surface area (Å²) in [6.07, 6.45) is 2.31. The van der Waals surface area contributed by atoms with Gasteiger partial charge in [-0.25, -0.2) is 4.79 Å². The van der Waals surface area contributed by atoms with E-state index in [2.05, 4.69) is 4.98 Å². The van der Waals surface area contributed by atoms with Crippen molar-refractivity contribution in [2.24, 2.45) is 0 Å². The highest BCUT2D eigenvalue weighted by Gasteiger charge is 2.16. The van der Waals surface area contributed by atoms with E-state index in [1.165, 1.54) is 11.3 Å². The molecule has 0 aliphatic heterocycles. The lowest BCUT2D eigenvalue weighted by Crippen LogP contribution is -2.04. The number of rotatable bonds is 5. The van der Waals surface area contributed by atoms with Gasteiger partial charge in [0.25, 0.3) is 0 Å². The summed E-state index contributed by atoms with van der Waals surface area (Å²) in [6.45, 7) is 0. The fourth-order valence-corrected chi connectivity index (χ4v) is 3.32. The maximum absolute atomic E-state index is 12.2. The van der Waals surface area contributed by atoms with E-state index in [9.17, 15) is 14.7 Å². The normalized spacial score (nSPS) is 11.4. The average Bonchev–Trinajstić information content (AvgIpc) is 3.24. The Morgan fingerprint density at radius 1 is 0.958 bits per heavy atom. The molecule has 2 aromatic heterocycles. The molecule has 0 aliphatic rings. The zero-order valence-corrected chi connectivity index (χ0v) is 13.2. The van der Waals surface area contributed by atoms with Gasteiger partial charge in [0.1, 0.15) is 0 Å². The molecule has 3 rings (SSSR count). The van der Waals surface area contributed by atoms with Crippen LogP contribution in [0.2, 0.25) is 0 Å². The molecule has 0 atom stereocenters. The number of benzene rings is 1. The fourth-order valence-electron chi connectivity index (χ4n) is 2.28. The highest BCUT2D eigenvalue weighted by molar-refractivity contribution is 7.18. The molecule has 6 heteroatoms. The van der Waals surface area contributed by atoms with Crippen molar-refractivity contribution in [2.75, 3.05) is 0 Å². The fraction of sp³-hybridized carbons (Fsp3) is 0. The molecule has 0 unspecified atom stereocenters. The lowest BCUT2D eigenvalue weighted by Gasteiger charge is -1.99. The Bertz CT molecular complexity index is 921. The third-order valence-corrected chi connectivity index (χ3v) is 4.58. The molecule has 2 heterocycles. The molecule has 3 aromatic rings. The largest absolute Gasteiger partial charge is 0.502 e. The first kappa shape index (κ1) is 15.8. The summed E-state index contributed by atoms with van der Waals surface area (Å²) in [5, 5.41) is 17.9. The number of aliphatic hydroxyl groups excluding tert-OH is 1. The molecule has 0 amide bonds. The van der Waals surface area contributed by atoms with Gasteiger partial charge in [0.2, 0.25) is 11.5 Å². The van der Waals surface area contributed by atoms with E-state index < -0.39 is 17.5 Å². The van der Waals surface area contributed by atoms with E-state index in [0.717, 1.165) is 15.3 Å². The lowest BCUT2D eigenvalue weighted by molar-refractivity contribution is -0.135. The van der Waals surface area contributed by atoms with E-state index in [1.54, 1.807) is 12.3 Å².